The molecule has 0 spiro atoms. The van der Waals surface area contributed by atoms with E-state index in [9.17, 15) is 0 Å². The molecule has 7 heteroatoms. The smallest absolute Gasteiger partial charge is 0.243 e. The number of rotatable bonds is 7. The van der Waals surface area contributed by atoms with E-state index in [4.69, 9.17) is 5.84 Å². The molecule has 0 bridgehead atoms. The van der Waals surface area contributed by atoms with Crippen molar-refractivity contribution >= 4 is 17.8 Å². The Morgan fingerprint density at radius 1 is 0.833 bits per heavy atom. The quantitative estimate of drug-likeness (QED) is 0.552. The fourth-order valence-electron chi connectivity index (χ4n) is 1.71. The van der Waals surface area contributed by atoms with Crippen molar-refractivity contribution in [2.24, 2.45) is 5.84 Å². The summed E-state index contributed by atoms with van der Waals surface area (Å²) in [4.78, 5) is 17.2. The van der Waals surface area contributed by atoms with Gasteiger partial charge in [-0.2, -0.15) is 15.0 Å². The van der Waals surface area contributed by atoms with Crippen molar-refractivity contribution < 1.29 is 0 Å². The first-order valence-corrected chi connectivity index (χ1v) is 6.42. The molecule has 0 aliphatic rings. The minimum absolute atomic E-state index is 0.397. The number of nitrogens with zero attached hydrogens (tertiary/aromatic N) is 5. The minimum Gasteiger partial charge on any atom is -0.341 e. The lowest BCUT2D eigenvalue weighted by Gasteiger charge is -2.23. The van der Waals surface area contributed by atoms with Crippen LogP contribution in [-0.4, -0.2) is 41.1 Å². The molecule has 18 heavy (non-hydrogen) atoms. The van der Waals surface area contributed by atoms with Crippen molar-refractivity contribution in [1.82, 2.24) is 15.0 Å². The molecule has 0 aliphatic heterocycles. The van der Waals surface area contributed by atoms with E-state index in [2.05, 4.69) is 57.9 Å². The van der Waals surface area contributed by atoms with Crippen LogP contribution >= 0.6 is 0 Å². The van der Waals surface area contributed by atoms with Gasteiger partial charge in [-0.3, -0.25) is 5.43 Å². The second-order valence-corrected chi connectivity index (χ2v) is 3.75. The molecule has 102 valence electrons. The average Bonchev–Trinajstić information content (AvgIpc) is 2.41. The highest BCUT2D eigenvalue weighted by molar-refractivity contribution is 5.44. The standard InChI is InChI=1S/C11H23N7/c1-5-17(6-2)10-13-9(16-12)14-11(15-10)18(7-3)8-4/h5-8,12H2,1-4H3,(H,13,14,15,16)/i9+1,10+1,11+1. The normalized spacial score (nSPS) is 10.3. The van der Waals surface area contributed by atoms with E-state index in [1.54, 1.807) is 0 Å². The first kappa shape index (κ1) is 14.4. The molecule has 1 heterocycles. The van der Waals surface area contributed by atoms with Gasteiger partial charge in [0.25, 0.3) is 0 Å². The van der Waals surface area contributed by atoms with Gasteiger partial charge in [-0.25, -0.2) is 5.84 Å². The largest absolute Gasteiger partial charge is 0.341 e. The van der Waals surface area contributed by atoms with E-state index in [-0.39, 0.29) is 0 Å². The van der Waals surface area contributed by atoms with E-state index in [0.717, 1.165) is 26.2 Å². The third kappa shape index (κ3) is 3.19. The number of hydrogen-bond donors (Lipinski definition) is 2. The molecule has 1 rings (SSSR count). The third-order valence-electron chi connectivity index (χ3n) is 2.83. The van der Waals surface area contributed by atoms with Crippen LogP contribution in [0.15, 0.2) is 0 Å². The molecule has 0 aromatic carbocycles. The number of aromatic nitrogens is 3. The Hall–Kier alpha value is -1.63. The molecule has 1 aromatic rings. The molecule has 0 saturated heterocycles. The number of anilines is 3. The summed E-state index contributed by atoms with van der Waals surface area (Å²) in [6.07, 6.45) is 0. The van der Waals surface area contributed by atoms with Crippen LogP contribution in [0.25, 0.3) is 0 Å². The van der Waals surface area contributed by atoms with Crippen LogP contribution in [0.5, 0.6) is 0 Å². The Balaban J connectivity index is 3.15. The first-order chi connectivity index (χ1) is 8.69. The maximum atomic E-state index is 5.41. The van der Waals surface area contributed by atoms with Gasteiger partial charge in [0, 0.05) is 26.2 Å². The molecule has 0 unspecified atom stereocenters. The summed E-state index contributed by atoms with van der Waals surface area (Å²) in [7, 11) is 0. The highest BCUT2D eigenvalue weighted by Crippen LogP contribution is 2.15. The molecule has 7 nitrogen and oxygen atoms in total. The predicted molar refractivity (Wildman–Crippen MR) is 74.8 cm³/mol. The molecule has 0 fully saturated rings. The highest BCUT2D eigenvalue weighted by atomic mass is 15.6. The highest BCUT2D eigenvalue weighted by Gasteiger charge is 2.13. The Morgan fingerprint density at radius 3 is 1.50 bits per heavy atom. The van der Waals surface area contributed by atoms with E-state index in [1.807, 2.05) is 0 Å². The number of nitrogen functional groups attached to an aromatic ring is 1. The molecule has 0 atom stereocenters. The van der Waals surface area contributed by atoms with Crippen LogP contribution in [0, 0.1) is 0 Å². The predicted octanol–water partition coefficient (Wildman–Crippen LogP) is 0.850. The number of nitrogens with two attached hydrogens (primary N) is 1. The Morgan fingerprint density at radius 2 is 1.22 bits per heavy atom. The van der Waals surface area contributed by atoms with Gasteiger partial charge >= 0.3 is 0 Å². The third-order valence-corrected chi connectivity index (χ3v) is 2.83. The van der Waals surface area contributed by atoms with E-state index in [1.165, 1.54) is 0 Å². The molecule has 0 radical (unpaired) electrons. The van der Waals surface area contributed by atoms with Gasteiger partial charge in [-0.05, 0) is 27.7 Å². The summed E-state index contributed by atoms with van der Waals surface area (Å²) in [5, 5.41) is 0. The van der Waals surface area contributed by atoms with Crippen LogP contribution in [0.3, 0.4) is 0 Å². The molecule has 0 aliphatic carbocycles. The van der Waals surface area contributed by atoms with Crippen molar-refractivity contribution in [2.45, 2.75) is 27.7 Å². The second-order valence-electron chi connectivity index (χ2n) is 3.75. The van der Waals surface area contributed by atoms with Gasteiger partial charge in [0.1, 0.15) is 0 Å². The minimum atomic E-state index is 0.397. The first-order valence-electron chi connectivity index (χ1n) is 6.42. The van der Waals surface area contributed by atoms with Crippen LogP contribution < -0.4 is 21.1 Å². The van der Waals surface area contributed by atoms with E-state index < -0.39 is 0 Å². The van der Waals surface area contributed by atoms with Gasteiger partial charge in [-0.1, -0.05) is 0 Å². The lowest BCUT2D eigenvalue weighted by Crippen LogP contribution is -2.29. The lowest BCUT2D eigenvalue weighted by molar-refractivity contribution is 0.777. The Kier molecular flexibility index (Phi) is 5.57. The molecule has 0 amide bonds. The monoisotopic (exact) mass is 256 g/mol. The number of nitrogens with one attached hydrogen (secondary N) is 1. The van der Waals surface area contributed by atoms with Crippen molar-refractivity contribution in [3.05, 3.63) is 0 Å². The van der Waals surface area contributed by atoms with Crippen molar-refractivity contribution in [2.75, 3.05) is 41.4 Å². The van der Waals surface area contributed by atoms with Gasteiger partial charge < -0.3 is 9.80 Å². The zero-order valence-electron chi connectivity index (χ0n) is 11.6. The van der Waals surface area contributed by atoms with Gasteiger partial charge in [0.15, 0.2) is 0 Å². The molecule has 3 N–H and O–H groups in total. The summed E-state index contributed by atoms with van der Waals surface area (Å²) >= 11 is 0. The van der Waals surface area contributed by atoms with E-state index in [0.29, 0.717) is 17.8 Å². The second kappa shape index (κ2) is 6.95. The van der Waals surface area contributed by atoms with Crippen molar-refractivity contribution in [3.63, 3.8) is 0 Å². The topological polar surface area (TPSA) is 83.2 Å². The Labute approximate surface area is 108 Å². The van der Waals surface area contributed by atoms with Gasteiger partial charge in [-0.15, -0.1) is 0 Å². The van der Waals surface area contributed by atoms with Crippen molar-refractivity contribution in [1.29, 1.82) is 0 Å². The van der Waals surface area contributed by atoms with Gasteiger partial charge in [0.2, 0.25) is 17.8 Å². The van der Waals surface area contributed by atoms with Crippen LogP contribution in [0.1, 0.15) is 27.7 Å². The zero-order chi connectivity index (χ0) is 13.5. The summed E-state index contributed by atoms with van der Waals surface area (Å²) in [5.74, 6) is 7.13. The van der Waals surface area contributed by atoms with Crippen LogP contribution in [-0.2, 0) is 0 Å². The fourth-order valence-corrected chi connectivity index (χ4v) is 1.71. The molecule has 1 aromatic heterocycles. The van der Waals surface area contributed by atoms with Crippen molar-refractivity contribution in [3.8, 4) is 0 Å². The summed E-state index contributed by atoms with van der Waals surface area (Å²) < 4.78 is 0. The number of hydrogen-bond acceptors (Lipinski definition) is 7. The molecular weight excluding hydrogens is 233 g/mol. The Bertz CT molecular complexity index is 330. The summed E-state index contributed by atoms with van der Waals surface area (Å²) in [6, 6.07) is 0. The van der Waals surface area contributed by atoms with Gasteiger partial charge in [0.05, 0.1) is 0 Å². The van der Waals surface area contributed by atoms with Crippen LogP contribution in [0.2, 0.25) is 0 Å². The van der Waals surface area contributed by atoms with E-state index >= 15 is 0 Å². The lowest BCUT2D eigenvalue weighted by atomic mass is 10.6. The van der Waals surface area contributed by atoms with Crippen LogP contribution in [0.4, 0.5) is 17.8 Å². The summed E-state index contributed by atoms with van der Waals surface area (Å²) in [5.41, 5.74) is 2.50. The molecule has 0 saturated carbocycles. The fraction of sp³-hybridized carbons (Fsp3) is 0.727. The maximum absolute atomic E-state index is 5.41. The SMILES string of the molecule is CCN(CC)[13c]1n[13c](NN)n[13c](N(CC)CC)n1. The summed E-state index contributed by atoms with van der Waals surface area (Å²) in [6.45, 7) is 11.7. The molecular formula is C11H23N7. The average molecular weight is 256 g/mol. The maximum Gasteiger partial charge on any atom is 0.243 e. The zero-order valence-corrected chi connectivity index (χ0v) is 11.6. The number of hydrazine groups is 1.